The second kappa shape index (κ2) is 6.25. The maximum absolute atomic E-state index is 3.64. The van der Waals surface area contributed by atoms with E-state index in [-0.39, 0.29) is 0 Å². The summed E-state index contributed by atoms with van der Waals surface area (Å²) in [6.07, 6.45) is 5.60. The number of thiophene rings is 1. The quantitative estimate of drug-likeness (QED) is 0.846. The van der Waals surface area contributed by atoms with E-state index < -0.39 is 0 Å². The standard InChI is InChI=1S/C15H23BrN2S/c1-11-15(16)7-14(19-11)10-18(8-12-4-5-12)9-13-3-2-6-17-13/h7,12-13,17H,2-6,8-10H2,1H3. The van der Waals surface area contributed by atoms with E-state index in [2.05, 4.69) is 39.1 Å². The van der Waals surface area contributed by atoms with E-state index >= 15 is 0 Å². The third-order valence-electron chi connectivity index (χ3n) is 4.14. The van der Waals surface area contributed by atoms with Crippen molar-refractivity contribution in [3.8, 4) is 0 Å². The molecule has 0 spiro atoms. The molecule has 19 heavy (non-hydrogen) atoms. The van der Waals surface area contributed by atoms with E-state index in [1.807, 2.05) is 11.3 Å². The first-order chi connectivity index (χ1) is 9.20. The fourth-order valence-corrected chi connectivity index (χ4v) is 4.55. The van der Waals surface area contributed by atoms with E-state index in [1.165, 1.54) is 59.5 Å². The third-order valence-corrected chi connectivity index (χ3v) is 6.26. The predicted molar refractivity (Wildman–Crippen MR) is 85.8 cm³/mol. The lowest BCUT2D eigenvalue weighted by Gasteiger charge is -2.25. The molecule has 0 bridgehead atoms. The molecule has 2 heterocycles. The van der Waals surface area contributed by atoms with Crippen LogP contribution in [0.2, 0.25) is 0 Å². The fraction of sp³-hybridized carbons (Fsp3) is 0.733. The molecule has 0 aromatic carbocycles. The summed E-state index contributed by atoms with van der Waals surface area (Å²) in [5.41, 5.74) is 0. The summed E-state index contributed by atoms with van der Waals surface area (Å²) >= 11 is 5.58. The van der Waals surface area contributed by atoms with Crippen molar-refractivity contribution in [1.82, 2.24) is 10.2 Å². The summed E-state index contributed by atoms with van der Waals surface area (Å²) in [5, 5.41) is 3.64. The molecule has 1 aromatic rings. The SMILES string of the molecule is Cc1sc(CN(CC2CC2)CC2CCCN2)cc1Br. The van der Waals surface area contributed by atoms with Gasteiger partial charge in [0, 0.05) is 39.9 Å². The van der Waals surface area contributed by atoms with Crippen LogP contribution in [0.3, 0.4) is 0 Å². The summed E-state index contributed by atoms with van der Waals surface area (Å²) in [5.74, 6) is 0.978. The molecule has 4 heteroatoms. The van der Waals surface area contributed by atoms with E-state index in [0.29, 0.717) is 0 Å². The summed E-state index contributed by atoms with van der Waals surface area (Å²) in [6.45, 7) is 7.07. The molecule has 1 aliphatic heterocycles. The fourth-order valence-electron chi connectivity index (χ4n) is 2.91. The molecule has 2 nitrogen and oxygen atoms in total. The van der Waals surface area contributed by atoms with Crippen LogP contribution in [0.5, 0.6) is 0 Å². The lowest BCUT2D eigenvalue weighted by Crippen LogP contribution is -2.38. The summed E-state index contributed by atoms with van der Waals surface area (Å²) < 4.78 is 1.28. The second-order valence-electron chi connectivity index (χ2n) is 6.05. The Kier molecular flexibility index (Phi) is 4.62. The number of aryl methyl sites for hydroxylation is 1. The van der Waals surface area contributed by atoms with Crippen LogP contribution < -0.4 is 5.32 Å². The average molecular weight is 343 g/mol. The Morgan fingerprint density at radius 3 is 2.79 bits per heavy atom. The van der Waals surface area contributed by atoms with E-state index in [0.717, 1.165) is 18.5 Å². The van der Waals surface area contributed by atoms with Gasteiger partial charge in [0.05, 0.1) is 0 Å². The van der Waals surface area contributed by atoms with Crippen molar-refractivity contribution in [3.05, 3.63) is 20.3 Å². The molecule has 1 aliphatic carbocycles. The summed E-state index contributed by atoms with van der Waals surface area (Å²) in [4.78, 5) is 5.58. The number of nitrogens with zero attached hydrogens (tertiary/aromatic N) is 1. The molecule has 1 atom stereocenters. The van der Waals surface area contributed by atoms with Gasteiger partial charge in [0.1, 0.15) is 0 Å². The largest absolute Gasteiger partial charge is 0.313 e. The molecular formula is C15H23BrN2S. The highest BCUT2D eigenvalue weighted by Gasteiger charge is 2.26. The Morgan fingerprint density at radius 1 is 1.37 bits per heavy atom. The molecule has 1 saturated carbocycles. The van der Waals surface area contributed by atoms with Crippen LogP contribution in [-0.4, -0.2) is 30.6 Å². The molecule has 1 saturated heterocycles. The van der Waals surface area contributed by atoms with Crippen LogP contribution in [0.15, 0.2) is 10.5 Å². The number of hydrogen-bond acceptors (Lipinski definition) is 3. The minimum absolute atomic E-state index is 0.725. The van der Waals surface area contributed by atoms with Crippen LogP contribution in [0.4, 0.5) is 0 Å². The highest BCUT2D eigenvalue weighted by atomic mass is 79.9. The molecule has 1 aromatic heterocycles. The Morgan fingerprint density at radius 2 is 2.21 bits per heavy atom. The zero-order valence-corrected chi connectivity index (χ0v) is 14.0. The summed E-state index contributed by atoms with van der Waals surface area (Å²) in [7, 11) is 0. The zero-order chi connectivity index (χ0) is 13.2. The molecule has 2 aliphatic rings. The predicted octanol–water partition coefficient (Wildman–Crippen LogP) is 3.78. The van der Waals surface area contributed by atoms with Gasteiger partial charge in [0.25, 0.3) is 0 Å². The van der Waals surface area contributed by atoms with E-state index in [1.54, 1.807) is 0 Å². The molecule has 106 valence electrons. The first-order valence-electron chi connectivity index (χ1n) is 7.41. The van der Waals surface area contributed by atoms with Gasteiger partial charge in [0.2, 0.25) is 0 Å². The number of halogens is 1. The van der Waals surface area contributed by atoms with Gasteiger partial charge >= 0.3 is 0 Å². The van der Waals surface area contributed by atoms with Gasteiger partial charge in [-0.25, -0.2) is 0 Å². The van der Waals surface area contributed by atoms with E-state index in [9.17, 15) is 0 Å². The zero-order valence-electron chi connectivity index (χ0n) is 11.6. The molecule has 1 N–H and O–H groups in total. The van der Waals surface area contributed by atoms with Gasteiger partial charge in [-0.2, -0.15) is 0 Å². The van der Waals surface area contributed by atoms with Crippen molar-refractivity contribution in [1.29, 1.82) is 0 Å². The van der Waals surface area contributed by atoms with Gasteiger partial charge in [-0.05, 0) is 67.1 Å². The van der Waals surface area contributed by atoms with Crippen LogP contribution in [0.1, 0.15) is 35.4 Å². The highest BCUT2D eigenvalue weighted by molar-refractivity contribution is 9.10. The molecule has 0 amide bonds. The minimum Gasteiger partial charge on any atom is -0.313 e. The van der Waals surface area contributed by atoms with Crippen molar-refractivity contribution < 1.29 is 0 Å². The number of rotatable bonds is 6. The third kappa shape index (κ3) is 4.03. The minimum atomic E-state index is 0.725. The van der Waals surface area contributed by atoms with Crippen molar-refractivity contribution >= 4 is 27.3 Å². The Bertz CT molecular complexity index is 402. The summed E-state index contributed by atoms with van der Waals surface area (Å²) in [6, 6.07) is 3.03. The Labute approximate surface area is 128 Å². The smallest absolute Gasteiger partial charge is 0.0329 e. The molecule has 0 radical (unpaired) electrons. The van der Waals surface area contributed by atoms with Gasteiger partial charge in [0.15, 0.2) is 0 Å². The Balaban J connectivity index is 1.60. The van der Waals surface area contributed by atoms with Crippen LogP contribution in [0.25, 0.3) is 0 Å². The lowest BCUT2D eigenvalue weighted by atomic mass is 10.2. The van der Waals surface area contributed by atoms with Crippen molar-refractivity contribution in [2.24, 2.45) is 5.92 Å². The van der Waals surface area contributed by atoms with E-state index in [4.69, 9.17) is 0 Å². The lowest BCUT2D eigenvalue weighted by molar-refractivity contribution is 0.233. The van der Waals surface area contributed by atoms with Gasteiger partial charge in [-0.3, -0.25) is 4.90 Å². The van der Waals surface area contributed by atoms with Crippen molar-refractivity contribution in [2.75, 3.05) is 19.6 Å². The van der Waals surface area contributed by atoms with Crippen LogP contribution >= 0.6 is 27.3 Å². The van der Waals surface area contributed by atoms with Gasteiger partial charge in [-0.15, -0.1) is 11.3 Å². The maximum atomic E-state index is 3.64. The second-order valence-corrected chi connectivity index (χ2v) is 8.24. The monoisotopic (exact) mass is 342 g/mol. The topological polar surface area (TPSA) is 15.3 Å². The molecule has 1 unspecified atom stereocenters. The maximum Gasteiger partial charge on any atom is 0.0329 e. The molecular weight excluding hydrogens is 320 g/mol. The normalized spacial score (nSPS) is 23.4. The average Bonchev–Trinajstić information content (AvgIpc) is 2.91. The van der Waals surface area contributed by atoms with Crippen LogP contribution in [-0.2, 0) is 6.54 Å². The van der Waals surface area contributed by atoms with Gasteiger partial charge < -0.3 is 5.32 Å². The van der Waals surface area contributed by atoms with Crippen molar-refractivity contribution in [3.63, 3.8) is 0 Å². The first-order valence-corrected chi connectivity index (χ1v) is 9.02. The Hall–Kier alpha value is 0.100. The number of hydrogen-bond donors (Lipinski definition) is 1. The van der Waals surface area contributed by atoms with Gasteiger partial charge in [-0.1, -0.05) is 0 Å². The van der Waals surface area contributed by atoms with Crippen LogP contribution in [0, 0.1) is 12.8 Å². The molecule has 2 fully saturated rings. The molecule has 3 rings (SSSR count). The van der Waals surface area contributed by atoms with Crippen molar-refractivity contribution in [2.45, 2.75) is 45.2 Å². The number of nitrogens with one attached hydrogen (secondary N) is 1. The highest BCUT2D eigenvalue weighted by Crippen LogP contribution is 2.32. The first kappa shape index (κ1) is 14.1.